The fraction of sp³-hybridized carbons (Fsp3) is 0.857. The van der Waals surface area contributed by atoms with E-state index in [1.54, 1.807) is 0 Å². The van der Waals surface area contributed by atoms with E-state index >= 15 is 0 Å². The van der Waals surface area contributed by atoms with Crippen molar-refractivity contribution in [3.8, 4) is 0 Å². The van der Waals surface area contributed by atoms with Crippen molar-refractivity contribution >= 4 is 8.80 Å². The Bertz CT molecular complexity index is 254. The molecule has 0 bridgehead atoms. The van der Waals surface area contributed by atoms with Crippen molar-refractivity contribution in [2.75, 3.05) is 39.6 Å². The smallest absolute Gasteiger partial charge is 0.394 e. The molecule has 0 aromatic rings. The molecule has 0 aliphatic carbocycles. The third-order valence-electron chi connectivity index (χ3n) is 2.49. The van der Waals surface area contributed by atoms with E-state index in [1.807, 2.05) is 20.8 Å². The zero-order valence-corrected chi connectivity index (χ0v) is 14.3. The van der Waals surface area contributed by atoms with Gasteiger partial charge in [-0.2, -0.15) is 0 Å². The van der Waals surface area contributed by atoms with Crippen LogP contribution in [0.25, 0.3) is 0 Å². The van der Waals surface area contributed by atoms with Gasteiger partial charge in [-0.05, 0) is 26.7 Å². The van der Waals surface area contributed by atoms with E-state index in [4.69, 9.17) is 23.1 Å². The molecule has 0 aromatic carbocycles. The summed E-state index contributed by atoms with van der Waals surface area (Å²) in [5.41, 5.74) is 1.01. The Labute approximate surface area is 124 Å². The molecule has 0 radical (unpaired) electrons. The van der Waals surface area contributed by atoms with Crippen LogP contribution in [0, 0.1) is 5.92 Å². The number of hydrogen-bond acceptors (Lipinski definition) is 5. The molecule has 0 heterocycles. The SMILES string of the molecule is C=C(C)COCC(C)C[Si](OCC)(OCC)OCCO. The standard InChI is InChI=1S/C14H30O5Si/c1-6-17-20(18-7-2,19-9-8-15)12-14(5)11-16-10-13(3)4/h14-15H,3,6-12H2,1-2,4-5H3. The van der Waals surface area contributed by atoms with E-state index in [9.17, 15) is 0 Å². The maximum absolute atomic E-state index is 8.95. The molecule has 1 N–H and O–H groups in total. The molecule has 0 spiro atoms. The van der Waals surface area contributed by atoms with Crippen LogP contribution in [0.4, 0.5) is 0 Å². The van der Waals surface area contributed by atoms with Crippen LogP contribution in [0.2, 0.25) is 6.04 Å². The topological polar surface area (TPSA) is 57.2 Å². The molecular formula is C14H30O5Si. The van der Waals surface area contributed by atoms with Crippen molar-refractivity contribution in [3.05, 3.63) is 12.2 Å². The molecule has 120 valence electrons. The second kappa shape index (κ2) is 11.4. The Morgan fingerprint density at radius 3 is 2.25 bits per heavy atom. The molecule has 0 aromatic heterocycles. The highest BCUT2D eigenvalue weighted by molar-refractivity contribution is 6.60. The Kier molecular flexibility index (Phi) is 11.3. The maximum Gasteiger partial charge on any atom is 0.501 e. The first kappa shape index (κ1) is 19.8. The van der Waals surface area contributed by atoms with Gasteiger partial charge in [-0.1, -0.05) is 19.1 Å². The summed E-state index contributed by atoms with van der Waals surface area (Å²) in [6.07, 6.45) is 0. The highest BCUT2D eigenvalue weighted by Crippen LogP contribution is 2.22. The fourth-order valence-corrected chi connectivity index (χ4v) is 4.72. The molecular weight excluding hydrogens is 276 g/mol. The lowest BCUT2D eigenvalue weighted by Crippen LogP contribution is -2.48. The predicted octanol–water partition coefficient (Wildman–Crippen LogP) is 2.24. The Morgan fingerprint density at radius 1 is 1.20 bits per heavy atom. The van der Waals surface area contributed by atoms with E-state index in [1.165, 1.54) is 0 Å². The van der Waals surface area contributed by atoms with Gasteiger partial charge in [0.25, 0.3) is 0 Å². The second-order valence-corrected chi connectivity index (χ2v) is 7.54. The molecule has 5 nitrogen and oxygen atoms in total. The minimum absolute atomic E-state index is 0.0323. The van der Waals surface area contributed by atoms with E-state index in [2.05, 4.69) is 13.5 Å². The molecule has 20 heavy (non-hydrogen) atoms. The third-order valence-corrected chi connectivity index (χ3v) is 5.79. The Morgan fingerprint density at radius 2 is 1.80 bits per heavy atom. The molecule has 1 unspecified atom stereocenters. The van der Waals surface area contributed by atoms with E-state index in [-0.39, 0.29) is 19.1 Å². The zero-order valence-electron chi connectivity index (χ0n) is 13.3. The quantitative estimate of drug-likeness (QED) is 0.418. The molecule has 0 saturated heterocycles. The van der Waals surface area contributed by atoms with Crippen molar-refractivity contribution in [2.24, 2.45) is 5.92 Å². The van der Waals surface area contributed by atoms with Gasteiger partial charge in [-0.15, -0.1) is 0 Å². The zero-order chi connectivity index (χ0) is 15.4. The number of aliphatic hydroxyl groups is 1. The lowest BCUT2D eigenvalue weighted by molar-refractivity contribution is 0.0443. The van der Waals surface area contributed by atoms with Gasteiger partial charge in [0.1, 0.15) is 0 Å². The van der Waals surface area contributed by atoms with Gasteiger partial charge in [0, 0.05) is 25.9 Å². The van der Waals surface area contributed by atoms with Crippen LogP contribution in [0.1, 0.15) is 27.7 Å². The highest BCUT2D eigenvalue weighted by Gasteiger charge is 2.42. The van der Waals surface area contributed by atoms with Gasteiger partial charge >= 0.3 is 8.80 Å². The van der Waals surface area contributed by atoms with Crippen molar-refractivity contribution in [2.45, 2.75) is 33.7 Å². The molecule has 0 fully saturated rings. The van der Waals surface area contributed by atoms with Gasteiger partial charge in [-0.3, -0.25) is 0 Å². The molecule has 1 atom stereocenters. The van der Waals surface area contributed by atoms with Gasteiger partial charge in [0.05, 0.1) is 19.8 Å². The van der Waals surface area contributed by atoms with Crippen molar-refractivity contribution in [1.29, 1.82) is 0 Å². The summed E-state index contributed by atoms with van der Waals surface area (Å²) in [5, 5.41) is 8.95. The maximum atomic E-state index is 8.95. The van der Waals surface area contributed by atoms with E-state index < -0.39 is 8.80 Å². The summed E-state index contributed by atoms with van der Waals surface area (Å²) in [7, 11) is -2.72. The number of rotatable bonds is 13. The molecule has 6 heteroatoms. The highest BCUT2D eigenvalue weighted by atomic mass is 28.4. The molecule has 0 rings (SSSR count). The van der Waals surface area contributed by atoms with Crippen LogP contribution in [-0.4, -0.2) is 53.6 Å². The minimum Gasteiger partial charge on any atom is -0.394 e. The molecule has 0 aliphatic rings. The number of ether oxygens (including phenoxy) is 1. The van der Waals surface area contributed by atoms with E-state index in [0.29, 0.717) is 32.5 Å². The van der Waals surface area contributed by atoms with Crippen molar-refractivity contribution < 1.29 is 23.1 Å². The largest absolute Gasteiger partial charge is 0.501 e. The lowest BCUT2D eigenvalue weighted by atomic mass is 10.2. The minimum atomic E-state index is -2.72. The third kappa shape index (κ3) is 8.83. The normalized spacial score (nSPS) is 13.4. The number of aliphatic hydroxyl groups excluding tert-OH is 1. The first-order chi connectivity index (χ1) is 9.49. The molecule has 0 aliphatic heterocycles. The summed E-state index contributed by atoms with van der Waals surface area (Å²) in [6, 6.07) is 0.685. The summed E-state index contributed by atoms with van der Waals surface area (Å²) < 4.78 is 22.9. The van der Waals surface area contributed by atoms with Crippen molar-refractivity contribution in [3.63, 3.8) is 0 Å². The first-order valence-electron chi connectivity index (χ1n) is 7.24. The van der Waals surface area contributed by atoms with Gasteiger partial charge in [0.2, 0.25) is 0 Å². The first-order valence-corrected chi connectivity index (χ1v) is 9.17. The van der Waals surface area contributed by atoms with Gasteiger partial charge in [0.15, 0.2) is 0 Å². The van der Waals surface area contributed by atoms with Gasteiger partial charge in [-0.25, -0.2) is 0 Å². The second-order valence-electron chi connectivity index (χ2n) is 4.90. The van der Waals surface area contributed by atoms with Crippen LogP contribution in [0.5, 0.6) is 0 Å². The van der Waals surface area contributed by atoms with E-state index in [0.717, 1.165) is 5.57 Å². The number of hydrogen-bond donors (Lipinski definition) is 1. The summed E-state index contributed by atoms with van der Waals surface area (Å²) in [6.45, 7) is 14.1. The summed E-state index contributed by atoms with van der Waals surface area (Å²) in [5.74, 6) is 0.262. The average Bonchev–Trinajstić information content (AvgIpc) is 2.36. The average molecular weight is 306 g/mol. The Hall–Kier alpha value is -0.243. The van der Waals surface area contributed by atoms with Crippen molar-refractivity contribution in [1.82, 2.24) is 0 Å². The van der Waals surface area contributed by atoms with Crippen LogP contribution < -0.4 is 0 Å². The van der Waals surface area contributed by atoms with Crippen LogP contribution in [-0.2, 0) is 18.0 Å². The van der Waals surface area contributed by atoms with Gasteiger partial charge < -0.3 is 23.1 Å². The summed E-state index contributed by atoms with van der Waals surface area (Å²) >= 11 is 0. The Balaban J connectivity index is 4.45. The monoisotopic (exact) mass is 306 g/mol. The lowest BCUT2D eigenvalue weighted by Gasteiger charge is -2.30. The summed E-state index contributed by atoms with van der Waals surface area (Å²) in [4.78, 5) is 0. The van der Waals surface area contributed by atoms with Crippen LogP contribution in [0.3, 0.4) is 0 Å². The van der Waals surface area contributed by atoms with Crippen LogP contribution in [0.15, 0.2) is 12.2 Å². The molecule has 0 amide bonds. The molecule has 0 saturated carbocycles. The van der Waals surface area contributed by atoms with Crippen LogP contribution >= 0.6 is 0 Å². The predicted molar refractivity (Wildman–Crippen MR) is 81.6 cm³/mol. The fourth-order valence-electron chi connectivity index (χ4n) is 1.86.